The molecule has 11 nitrogen and oxygen atoms in total. The molecule has 0 aliphatic rings. The monoisotopic (exact) mass is 359 g/mol. The smallest absolute Gasteiger partial charge is 0.328 e. The predicted molar refractivity (Wildman–Crippen MR) is 88.0 cm³/mol. The van der Waals surface area contributed by atoms with Crippen molar-refractivity contribution in [3.05, 3.63) is 11.7 Å². The van der Waals surface area contributed by atoms with Gasteiger partial charge in [0.2, 0.25) is 5.89 Å². The van der Waals surface area contributed by atoms with Crippen LogP contribution in [0, 0.1) is 12.8 Å². The number of nitrogens with two attached hydrogens (primary N) is 1. The number of nitrogens with one attached hydrogen (secondary N) is 2. The van der Waals surface area contributed by atoms with Crippen LogP contribution in [0.3, 0.4) is 0 Å². The van der Waals surface area contributed by atoms with Crippen LogP contribution in [0.5, 0.6) is 0 Å². The van der Waals surface area contributed by atoms with Crippen LogP contribution >= 0.6 is 0 Å². The Hall–Kier alpha value is -2.68. The lowest BCUT2D eigenvalue weighted by molar-refractivity contribution is -0.141. The van der Waals surface area contributed by atoms with Crippen molar-refractivity contribution in [1.29, 1.82) is 0 Å². The molecular weight excluding hydrogens is 334 g/mol. The Labute approximate surface area is 145 Å². The van der Waals surface area contributed by atoms with Gasteiger partial charge in [-0.2, -0.15) is 4.98 Å². The molecule has 0 bridgehead atoms. The van der Waals surface area contributed by atoms with E-state index >= 15 is 0 Å². The molecule has 1 rings (SSSR count). The highest BCUT2D eigenvalue weighted by Gasteiger charge is 2.25. The summed E-state index contributed by atoms with van der Waals surface area (Å²) in [5, 5.41) is 34.7. The number of nitrogens with zero attached hydrogens (tertiary/aromatic N) is 2. The van der Waals surface area contributed by atoms with E-state index in [1.54, 1.807) is 0 Å². The van der Waals surface area contributed by atoms with Crippen LogP contribution in [-0.4, -0.2) is 56.2 Å². The molecule has 0 aromatic carbocycles. The number of carboxylic acid groups (broad SMARTS) is 1. The number of hydrogen-bond acceptors (Lipinski definition) is 8. The normalized spacial score (nSPS) is 13.0. The fraction of sp³-hybridized carbons (Fsp3) is 0.571. The Kier molecular flexibility index (Phi) is 13.5. The average Bonchev–Trinajstić information content (AvgIpc) is 3.09. The van der Waals surface area contributed by atoms with E-state index in [-0.39, 0.29) is 24.9 Å². The van der Waals surface area contributed by atoms with Crippen molar-refractivity contribution >= 4 is 12.0 Å². The Morgan fingerprint density at radius 1 is 1.36 bits per heavy atom. The Morgan fingerprint density at radius 3 is 2.36 bits per heavy atom. The van der Waals surface area contributed by atoms with E-state index < -0.39 is 30.2 Å². The molecule has 0 saturated heterocycles. The number of amides is 2. The van der Waals surface area contributed by atoms with Gasteiger partial charge in [-0.1, -0.05) is 19.0 Å². The van der Waals surface area contributed by atoms with Crippen molar-refractivity contribution in [2.75, 3.05) is 6.61 Å². The van der Waals surface area contributed by atoms with Crippen LogP contribution in [-0.2, 0) is 11.3 Å². The lowest BCUT2D eigenvalue weighted by atomic mass is 10.2. The second kappa shape index (κ2) is 13.7. The molecule has 25 heavy (non-hydrogen) atoms. The molecule has 0 aliphatic carbocycles. The first-order valence-electron chi connectivity index (χ1n) is 7.32. The van der Waals surface area contributed by atoms with Gasteiger partial charge >= 0.3 is 12.0 Å². The Bertz CT molecular complexity index is 531. The fourth-order valence-corrected chi connectivity index (χ4v) is 1.31. The van der Waals surface area contributed by atoms with Crippen molar-refractivity contribution in [3.8, 4) is 12.8 Å². The number of aliphatic hydroxyl groups excluding tert-OH is 2. The molecular formula is C14H25N5O6. The predicted octanol–water partition coefficient (Wildman–Crippen LogP) is -1.03. The summed E-state index contributed by atoms with van der Waals surface area (Å²) in [6, 6.07) is -3.05. The standard InChI is InChI=1S/C10H17N5O6.C2H6.C2H2/c1-4(17)7(9(18)19)14-10(20)12-2-6-13-8(15-21-6)5(11)3-16;2*1-2/h4-5,7,16-17H,2-3,11H2,1H3,(H,18,19)(H2,12,14,20);1-2H3;1-2H/t4?,5-,7?;;/m0../s1. The molecule has 1 aromatic heterocycles. The third-order valence-corrected chi connectivity index (χ3v) is 2.45. The van der Waals surface area contributed by atoms with Gasteiger partial charge in [-0.15, -0.1) is 12.8 Å². The number of carbonyl (C=O) groups excluding carboxylic acids is 1. The van der Waals surface area contributed by atoms with Crippen LogP contribution in [0.1, 0.15) is 38.5 Å². The van der Waals surface area contributed by atoms with Gasteiger partial charge in [-0.05, 0) is 6.92 Å². The number of aromatic nitrogens is 2. The first-order chi connectivity index (χ1) is 11.8. The first-order valence-corrected chi connectivity index (χ1v) is 7.32. The summed E-state index contributed by atoms with van der Waals surface area (Å²) < 4.78 is 4.78. The zero-order chi connectivity index (χ0) is 20.0. The van der Waals surface area contributed by atoms with Gasteiger partial charge in [-0.25, -0.2) is 9.59 Å². The lowest BCUT2D eigenvalue weighted by Gasteiger charge is -2.16. The topological polar surface area (TPSA) is 184 Å². The summed E-state index contributed by atoms with van der Waals surface area (Å²) in [7, 11) is 0. The molecule has 0 fully saturated rings. The molecule has 0 radical (unpaired) electrons. The van der Waals surface area contributed by atoms with Gasteiger partial charge in [0.25, 0.3) is 0 Å². The Morgan fingerprint density at radius 2 is 1.92 bits per heavy atom. The molecule has 2 unspecified atom stereocenters. The van der Waals surface area contributed by atoms with Gasteiger partial charge < -0.3 is 36.2 Å². The molecule has 2 amide bonds. The van der Waals surface area contributed by atoms with Crippen molar-refractivity contribution < 1.29 is 29.4 Å². The maximum Gasteiger partial charge on any atom is 0.328 e. The third kappa shape index (κ3) is 9.26. The molecule has 11 heteroatoms. The number of hydrogen-bond donors (Lipinski definition) is 6. The number of aliphatic carboxylic acids is 1. The largest absolute Gasteiger partial charge is 0.480 e. The molecule has 0 spiro atoms. The molecule has 142 valence electrons. The average molecular weight is 359 g/mol. The number of carbonyl (C=O) groups is 2. The van der Waals surface area contributed by atoms with Crippen LogP contribution in [0.25, 0.3) is 0 Å². The van der Waals surface area contributed by atoms with E-state index in [9.17, 15) is 14.7 Å². The molecule has 7 N–H and O–H groups in total. The number of urea groups is 1. The van der Waals surface area contributed by atoms with E-state index in [0.717, 1.165) is 0 Å². The van der Waals surface area contributed by atoms with Crippen molar-refractivity contribution in [2.24, 2.45) is 5.73 Å². The van der Waals surface area contributed by atoms with Crippen LogP contribution in [0.4, 0.5) is 4.79 Å². The molecule has 1 aromatic rings. The zero-order valence-corrected chi connectivity index (χ0v) is 14.3. The molecule has 1 heterocycles. The lowest BCUT2D eigenvalue weighted by Crippen LogP contribution is -2.51. The minimum Gasteiger partial charge on any atom is -0.480 e. The zero-order valence-electron chi connectivity index (χ0n) is 14.3. The molecule has 0 saturated carbocycles. The van der Waals surface area contributed by atoms with Gasteiger partial charge in [-0.3, -0.25) is 0 Å². The SMILES string of the molecule is C#C.CC.CC(O)C(NC(=O)NCc1nc([C@@H](N)CO)no1)C(=O)O. The minimum atomic E-state index is -1.44. The fourth-order valence-electron chi connectivity index (χ4n) is 1.31. The number of carboxylic acids is 1. The van der Waals surface area contributed by atoms with Gasteiger partial charge in [0.1, 0.15) is 0 Å². The highest BCUT2D eigenvalue weighted by atomic mass is 16.5. The third-order valence-electron chi connectivity index (χ3n) is 2.45. The van der Waals surface area contributed by atoms with Crippen molar-refractivity contribution in [2.45, 2.75) is 45.5 Å². The summed E-state index contributed by atoms with van der Waals surface area (Å²) in [6.45, 7) is 4.71. The summed E-state index contributed by atoms with van der Waals surface area (Å²) >= 11 is 0. The summed E-state index contributed by atoms with van der Waals surface area (Å²) in [5.74, 6) is -1.25. The summed E-state index contributed by atoms with van der Waals surface area (Å²) in [4.78, 5) is 26.1. The maximum absolute atomic E-state index is 11.5. The second-order valence-corrected chi connectivity index (χ2v) is 4.22. The summed E-state index contributed by atoms with van der Waals surface area (Å²) in [5.41, 5.74) is 5.47. The molecule has 3 atom stereocenters. The summed E-state index contributed by atoms with van der Waals surface area (Å²) in [6.07, 6.45) is 6.74. The quantitative estimate of drug-likeness (QED) is 0.331. The number of terminal acetylenes is 1. The van der Waals surface area contributed by atoms with E-state index in [1.165, 1.54) is 6.92 Å². The van der Waals surface area contributed by atoms with E-state index in [1.807, 2.05) is 13.8 Å². The van der Waals surface area contributed by atoms with Crippen LogP contribution in [0.2, 0.25) is 0 Å². The highest BCUT2D eigenvalue weighted by Crippen LogP contribution is 2.04. The van der Waals surface area contributed by atoms with Gasteiger partial charge in [0.05, 0.1) is 25.3 Å². The minimum absolute atomic E-state index is 0.0352. The van der Waals surface area contributed by atoms with Crippen molar-refractivity contribution in [1.82, 2.24) is 20.8 Å². The van der Waals surface area contributed by atoms with Gasteiger partial charge in [0.15, 0.2) is 11.9 Å². The van der Waals surface area contributed by atoms with E-state index in [2.05, 4.69) is 33.6 Å². The van der Waals surface area contributed by atoms with E-state index in [4.69, 9.17) is 20.5 Å². The van der Waals surface area contributed by atoms with E-state index in [0.29, 0.717) is 0 Å². The van der Waals surface area contributed by atoms with Crippen LogP contribution < -0.4 is 16.4 Å². The van der Waals surface area contributed by atoms with Gasteiger partial charge in [0, 0.05) is 0 Å². The van der Waals surface area contributed by atoms with Crippen molar-refractivity contribution in [3.63, 3.8) is 0 Å². The highest BCUT2D eigenvalue weighted by molar-refractivity contribution is 5.82. The first kappa shape index (κ1) is 24.6. The maximum atomic E-state index is 11.5. The second-order valence-electron chi connectivity index (χ2n) is 4.22. The number of rotatable bonds is 7. The Balaban J connectivity index is 0. The number of aliphatic hydroxyl groups is 2. The molecule has 0 aliphatic heterocycles. The van der Waals surface area contributed by atoms with Crippen LogP contribution in [0.15, 0.2) is 4.52 Å².